The van der Waals surface area contributed by atoms with Crippen LogP contribution in [0, 0.1) is 6.92 Å². The Hall–Kier alpha value is -4.08. The molecule has 2 aromatic heterocycles. The van der Waals surface area contributed by atoms with E-state index in [-0.39, 0.29) is 28.0 Å². The molecular weight excluding hydrogens is 392 g/mol. The molecule has 2 heterocycles. The Morgan fingerprint density at radius 2 is 1.60 bits per heavy atom. The Balaban J connectivity index is 1.80. The van der Waals surface area contributed by atoms with E-state index in [1.54, 1.807) is 19.1 Å². The molecule has 0 atom stereocenters. The van der Waals surface area contributed by atoms with Crippen LogP contribution >= 0.6 is 0 Å². The topological polar surface area (TPSA) is 132 Å². The van der Waals surface area contributed by atoms with Gasteiger partial charge in [-0.1, -0.05) is 0 Å². The minimum atomic E-state index is -0.778. The lowest BCUT2D eigenvalue weighted by Gasteiger charge is -2.14. The van der Waals surface area contributed by atoms with E-state index >= 15 is 0 Å². The van der Waals surface area contributed by atoms with Crippen molar-refractivity contribution in [3.63, 3.8) is 0 Å². The molecule has 156 valence electrons. The molecule has 10 nitrogen and oxygen atoms in total. The second-order valence-electron chi connectivity index (χ2n) is 6.20. The molecule has 0 bridgehead atoms. The van der Waals surface area contributed by atoms with Gasteiger partial charge in [-0.3, -0.25) is 25.2 Å². The van der Waals surface area contributed by atoms with Crippen molar-refractivity contribution in [2.75, 3.05) is 21.3 Å². The fourth-order valence-corrected chi connectivity index (χ4v) is 2.84. The summed E-state index contributed by atoms with van der Waals surface area (Å²) in [5.74, 6) is -0.534. The molecule has 0 aliphatic rings. The van der Waals surface area contributed by atoms with E-state index in [4.69, 9.17) is 14.2 Å². The Bertz CT molecular complexity index is 1160. The highest BCUT2D eigenvalue weighted by Crippen LogP contribution is 2.38. The van der Waals surface area contributed by atoms with E-state index in [0.717, 1.165) is 5.69 Å². The number of pyridine rings is 2. The fraction of sp³-hybridized carbons (Fsp3) is 0.200. The average molecular weight is 412 g/mol. The number of aromatic nitrogens is 2. The Labute approximate surface area is 171 Å². The molecule has 0 spiro atoms. The Kier molecular flexibility index (Phi) is 5.86. The number of hydrogen-bond acceptors (Lipinski definition) is 7. The zero-order valence-corrected chi connectivity index (χ0v) is 16.8. The van der Waals surface area contributed by atoms with E-state index in [2.05, 4.69) is 20.8 Å². The maximum absolute atomic E-state index is 12.6. The van der Waals surface area contributed by atoms with E-state index in [1.807, 2.05) is 0 Å². The van der Waals surface area contributed by atoms with Gasteiger partial charge in [0.15, 0.2) is 11.5 Å². The number of ether oxygens (including phenoxy) is 3. The predicted octanol–water partition coefficient (Wildman–Crippen LogP) is 1.33. The molecule has 0 aliphatic heterocycles. The summed E-state index contributed by atoms with van der Waals surface area (Å²) in [5, 5.41) is 0.268. The SMILES string of the molecule is COc1cc(C(=O)NNC(=O)c2c[nH]c3nc(C)ccc3c2=O)cc(OC)c1OC. The first-order valence-corrected chi connectivity index (χ1v) is 8.79. The van der Waals surface area contributed by atoms with Crippen molar-refractivity contribution in [2.45, 2.75) is 6.92 Å². The van der Waals surface area contributed by atoms with Crippen LogP contribution < -0.4 is 30.5 Å². The third-order valence-electron chi connectivity index (χ3n) is 4.34. The molecule has 3 N–H and O–H groups in total. The van der Waals surface area contributed by atoms with E-state index in [0.29, 0.717) is 11.4 Å². The minimum Gasteiger partial charge on any atom is -0.493 e. The van der Waals surface area contributed by atoms with Gasteiger partial charge in [-0.25, -0.2) is 4.98 Å². The van der Waals surface area contributed by atoms with Crippen molar-refractivity contribution in [3.05, 3.63) is 57.5 Å². The normalized spacial score (nSPS) is 10.4. The van der Waals surface area contributed by atoms with Crippen LogP contribution in [0.5, 0.6) is 17.2 Å². The molecular formula is C20H20N4O6. The summed E-state index contributed by atoms with van der Waals surface area (Å²) in [7, 11) is 4.28. The summed E-state index contributed by atoms with van der Waals surface area (Å²) in [6.07, 6.45) is 1.25. The number of hydrogen-bond donors (Lipinski definition) is 3. The van der Waals surface area contributed by atoms with Gasteiger partial charge in [-0.05, 0) is 31.2 Å². The molecule has 1 aromatic carbocycles. The van der Waals surface area contributed by atoms with Gasteiger partial charge in [0.2, 0.25) is 11.2 Å². The summed E-state index contributed by atoms with van der Waals surface area (Å²) < 4.78 is 15.6. The van der Waals surface area contributed by atoms with Gasteiger partial charge in [-0.2, -0.15) is 0 Å². The average Bonchev–Trinajstić information content (AvgIpc) is 2.76. The second kappa shape index (κ2) is 8.52. The highest BCUT2D eigenvalue weighted by atomic mass is 16.5. The predicted molar refractivity (Wildman–Crippen MR) is 108 cm³/mol. The molecule has 10 heteroatoms. The lowest BCUT2D eigenvalue weighted by molar-refractivity contribution is 0.0845. The number of aryl methyl sites for hydroxylation is 1. The first-order valence-electron chi connectivity index (χ1n) is 8.79. The van der Waals surface area contributed by atoms with Crippen LogP contribution in [0.4, 0.5) is 0 Å². The monoisotopic (exact) mass is 412 g/mol. The minimum absolute atomic E-state index is 0.150. The molecule has 0 saturated carbocycles. The number of methoxy groups -OCH3 is 3. The zero-order valence-electron chi connectivity index (χ0n) is 16.8. The molecule has 0 fully saturated rings. The summed E-state index contributed by atoms with van der Waals surface area (Å²) in [6.45, 7) is 1.79. The number of fused-ring (bicyclic) bond motifs is 1. The summed E-state index contributed by atoms with van der Waals surface area (Å²) in [6, 6.07) is 6.12. The molecule has 2 amide bonds. The number of rotatable bonds is 5. The second-order valence-corrected chi connectivity index (χ2v) is 6.20. The molecule has 30 heavy (non-hydrogen) atoms. The van der Waals surface area contributed by atoms with E-state index in [1.165, 1.54) is 39.7 Å². The van der Waals surface area contributed by atoms with E-state index in [9.17, 15) is 14.4 Å². The number of benzene rings is 1. The van der Waals surface area contributed by atoms with Crippen LogP contribution in [0.1, 0.15) is 26.4 Å². The summed E-state index contributed by atoms with van der Waals surface area (Å²) in [5.41, 5.74) is 5.07. The van der Waals surface area contributed by atoms with Crippen molar-refractivity contribution < 1.29 is 23.8 Å². The summed E-state index contributed by atoms with van der Waals surface area (Å²) in [4.78, 5) is 44.5. The van der Waals surface area contributed by atoms with Crippen LogP contribution in [0.3, 0.4) is 0 Å². The lowest BCUT2D eigenvalue weighted by Crippen LogP contribution is -2.43. The van der Waals surface area contributed by atoms with Crippen molar-refractivity contribution in [2.24, 2.45) is 0 Å². The number of nitrogens with one attached hydrogen (secondary N) is 3. The number of carbonyl (C=O) groups is 2. The van der Waals surface area contributed by atoms with Gasteiger partial charge < -0.3 is 19.2 Å². The van der Waals surface area contributed by atoms with Crippen LogP contribution in [-0.2, 0) is 0 Å². The highest BCUT2D eigenvalue weighted by Gasteiger charge is 2.19. The molecule has 0 aliphatic carbocycles. The zero-order chi connectivity index (χ0) is 21.8. The molecule has 3 aromatic rings. The first-order chi connectivity index (χ1) is 14.4. The number of amides is 2. The van der Waals surface area contributed by atoms with Gasteiger partial charge in [0.1, 0.15) is 11.2 Å². The van der Waals surface area contributed by atoms with Crippen molar-refractivity contribution in [1.29, 1.82) is 0 Å². The maximum atomic E-state index is 12.6. The standard InChI is InChI=1S/C20H20N4O6/c1-10-5-6-12-16(25)13(9-21-18(12)22-10)20(27)24-23-19(26)11-7-14(28-2)17(30-4)15(8-11)29-3/h5-9H,1-4H3,(H,23,26)(H,24,27)(H,21,22,25). The Morgan fingerprint density at radius 1 is 0.967 bits per heavy atom. The quantitative estimate of drug-likeness (QED) is 0.539. The fourth-order valence-electron chi connectivity index (χ4n) is 2.84. The number of carbonyl (C=O) groups excluding carboxylic acids is 2. The first kappa shape index (κ1) is 20.6. The third kappa shape index (κ3) is 3.88. The van der Waals surface area contributed by atoms with Gasteiger partial charge in [-0.15, -0.1) is 0 Å². The van der Waals surface area contributed by atoms with Gasteiger partial charge >= 0.3 is 0 Å². The molecule has 0 unspecified atom stereocenters. The largest absolute Gasteiger partial charge is 0.493 e. The van der Waals surface area contributed by atoms with Crippen molar-refractivity contribution in [3.8, 4) is 17.2 Å². The van der Waals surface area contributed by atoms with Crippen LogP contribution in [0.2, 0.25) is 0 Å². The van der Waals surface area contributed by atoms with E-state index < -0.39 is 17.2 Å². The molecule has 0 saturated heterocycles. The van der Waals surface area contributed by atoms with Crippen LogP contribution in [0.15, 0.2) is 35.3 Å². The Morgan fingerprint density at radius 3 is 2.20 bits per heavy atom. The van der Waals surface area contributed by atoms with Gasteiger partial charge in [0, 0.05) is 17.5 Å². The highest BCUT2D eigenvalue weighted by molar-refractivity contribution is 6.00. The number of aromatic amines is 1. The third-order valence-corrected chi connectivity index (χ3v) is 4.34. The smallest absolute Gasteiger partial charge is 0.275 e. The lowest BCUT2D eigenvalue weighted by atomic mass is 10.1. The number of H-pyrrole nitrogens is 1. The molecule has 3 rings (SSSR count). The maximum Gasteiger partial charge on any atom is 0.275 e. The number of hydrazine groups is 1. The van der Waals surface area contributed by atoms with Crippen molar-refractivity contribution in [1.82, 2.24) is 20.8 Å². The molecule has 0 radical (unpaired) electrons. The van der Waals surface area contributed by atoms with Gasteiger partial charge in [0.25, 0.3) is 11.8 Å². The van der Waals surface area contributed by atoms with Crippen LogP contribution in [-0.4, -0.2) is 43.1 Å². The van der Waals surface area contributed by atoms with Crippen LogP contribution in [0.25, 0.3) is 11.0 Å². The van der Waals surface area contributed by atoms with Crippen molar-refractivity contribution >= 4 is 22.8 Å². The number of nitrogens with zero attached hydrogens (tertiary/aromatic N) is 1. The summed E-state index contributed by atoms with van der Waals surface area (Å²) >= 11 is 0. The van der Waals surface area contributed by atoms with Gasteiger partial charge in [0.05, 0.1) is 26.7 Å².